The molecule has 0 spiro atoms. The van der Waals surface area contributed by atoms with Gasteiger partial charge in [-0.3, -0.25) is 9.79 Å². The molecule has 3 saturated heterocycles. The Morgan fingerprint density at radius 2 is 2.18 bits per heavy atom. The maximum absolute atomic E-state index is 12.5. The van der Waals surface area contributed by atoms with Crippen molar-refractivity contribution in [3.8, 4) is 0 Å². The van der Waals surface area contributed by atoms with Crippen LogP contribution < -0.4 is 0 Å². The second-order valence-corrected chi connectivity index (χ2v) is 9.80. The van der Waals surface area contributed by atoms with Crippen LogP contribution in [0.25, 0.3) is 0 Å². The fraction of sp³-hybridized carbons (Fsp3) is 0.667. The standard InChI is InChI=1S/C18H25N5O3S.ClH/c1-18(2)14(17(25)26)23-15(24)13(16(23)27-18)21-10-22-7-3-11(4-8-22)9-12-19-5-6-20-12;/h5-6,10-11,13-14,16H,3-4,7-9H2,1-2H3,(H,19,20)(H,25,26);1H/t13-,14+,16-;/m1./s1. The van der Waals surface area contributed by atoms with E-state index in [1.807, 2.05) is 20.0 Å². The number of rotatable bonds is 5. The lowest BCUT2D eigenvalue weighted by Crippen LogP contribution is -2.65. The quantitative estimate of drug-likeness (QED) is 0.420. The average Bonchev–Trinajstić information content (AvgIpc) is 3.20. The molecule has 1 aromatic heterocycles. The van der Waals surface area contributed by atoms with Crippen LogP contribution in [0.3, 0.4) is 0 Å². The molecule has 0 saturated carbocycles. The second kappa shape index (κ2) is 7.94. The van der Waals surface area contributed by atoms with Crippen molar-refractivity contribution in [1.82, 2.24) is 19.8 Å². The molecule has 0 radical (unpaired) electrons. The molecule has 0 bridgehead atoms. The summed E-state index contributed by atoms with van der Waals surface area (Å²) in [4.78, 5) is 39.6. The summed E-state index contributed by atoms with van der Waals surface area (Å²) in [6.45, 7) is 5.60. The minimum Gasteiger partial charge on any atom is -0.480 e. The third kappa shape index (κ3) is 3.74. The molecular formula is C18H26ClN5O3S. The number of aliphatic imine (C=N–C) groups is 1. The molecule has 3 atom stereocenters. The first kappa shape index (κ1) is 21.0. The number of hydrogen-bond acceptors (Lipinski definition) is 5. The van der Waals surface area contributed by atoms with E-state index in [1.165, 1.54) is 16.7 Å². The Balaban J connectivity index is 0.00000225. The summed E-state index contributed by atoms with van der Waals surface area (Å²) in [6, 6.07) is -1.23. The highest BCUT2D eigenvalue weighted by atomic mass is 35.5. The highest BCUT2D eigenvalue weighted by molar-refractivity contribution is 8.01. The van der Waals surface area contributed by atoms with Crippen LogP contribution in [-0.2, 0) is 16.0 Å². The van der Waals surface area contributed by atoms with Crippen LogP contribution in [0.2, 0.25) is 0 Å². The van der Waals surface area contributed by atoms with Gasteiger partial charge in [0.25, 0.3) is 5.91 Å². The van der Waals surface area contributed by atoms with Crippen molar-refractivity contribution in [3.63, 3.8) is 0 Å². The molecular weight excluding hydrogens is 402 g/mol. The average molecular weight is 428 g/mol. The van der Waals surface area contributed by atoms with Crippen molar-refractivity contribution in [1.29, 1.82) is 0 Å². The van der Waals surface area contributed by atoms with Crippen molar-refractivity contribution in [2.75, 3.05) is 13.1 Å². The number of carbonyl (C=O) groups is 2. The van der Waals surface area contributed by atoms with Gasteiger partial charge in [-0.1, -0.05) is 0 Å². The summed E-state index contributed by atoms with van der Waals surface area (Å²) in [7, 11) is 0. The highest BCUT2D eigenvalue weighted by Gasteiger charge is 2.63. The lowest BCUT2D eigenvalue weighted by atomic mass is 9.93. The number of carboxylic acid groups (broad SMARTS) is 1. The summed E-state index contributed by atoms with van der Waals surface area (Å²) in [5.41, 5.74) is 0. The molecule has 1 amide bonds. The van der Waals surface area contributed by atoms with Crippen molar-refractivity contribution < 1.29 is 14.7 Å². The first-order valence-corrected chi connectivity index (χ1v) is 10.2. The van der Waals surface area contributed by atoms with Crippen LogP contribution in [0, 0.1) is 5.92 Å². The Kier molecular flexibility index (Phi) is 5.95. The molecule has 4 rings (SSSR count). The molecule has 28 heavy (non-hydrogen) atoms. The molecule has 3 aliphatic heterocycles. The molecule has 0 aliphatic carbocycles. The molecule has 10 heteroatoms. The van der Waals surface area contributed by atoms with Crippen LogP contribution in [0.4, 0.5) is 0 Å². The van der Waals surface area contributed by atoms with Crippen LogP contribution in [0.15, 0.2) is 17.4 Å². The van der Waals surface area contributed by atoms with E-state index in [-0.39, 0.29) is 23.7 Å². The zero-order valence-electron chi connectivity index (χ0n) is 15.9. The number of aromatic amines is 1. The molecule has 1 aromatic rings. The van der Waals surface area contributed by atoms with Gasteiger partial charge in [0.15, 0.2) is 6.04 Å². The highest BCUT2D eigenvalue weighted by Crippen LogP contribution is 2.51. The van der Waals surface area contributed by atoms with Crippen LogP contribution in [0.1, 0.15) is 32.5 Å². The number of fused-ring (bicyclic) bond motifs is 1. The van der Waals surface area contributed by atoms with E-state index >= 15 is 0 Å². The van der Waals surface area contributed by atoms with E-state index < -0.39 is 22.8 Å². The van der Waals surface area contributed by atoms with Crippen molar-refractivity contribution in [2.24, 2.45) is 10.9 Å². The van der Waals surface area contributed by atoms with E-state index in [0.717, 1.165) is 38.2 Å². The predicted molar refractivity (Wildman–Crippen MR) is 110 cm³/mol. The third-order valence-electron chi connectivity index (χ3n) is 5.72. The van der Waals surface area contributed by atoms with Gasteiger partial charge in [-0.2, -0.15) is 0 Å². The summed E-state index contributed by atoms with van der Waals surface area (Å²) in [5.74, 6) is 0.541. The van der Waals surface area contributed by atoms with Gasteiger partial charge in [0.1, 0.15) is 17.2 Å². The van der Waals surface area contributed by atoms with Gasteiger partial charge >= 0.3 is 5.97 Å². The second-order valence-electron chi connectivity index (χ2n) is 8.03. The number of H-pyrrole nitrogens is 1. The third-order valence-corrected chi connectivity index (χ3v) is 7.28. The van der Waals surface area contributed by atoms with Gasteiger partial charge in [-0.15, -0.1) is 24.2 Å². The first-order valence-electron chi connectivity index (χ1n) is 9.35. The van der Waals surface area contributed by atoms with Gasteiger partial charge in [0.2, 0.25) is 0 Å². The van der Waals surface area contributed by atoms with Crippen LogP contribution in [0.5, 0.6) is 0 Å². The summed E-state index contributed by atoms with van der Waals surface area (Å²) in [6.07, 6.45) is 8.55. The number of nitrogens with zero attached hydrogens (tertiary/aromatic N) is 4. The molecule has 4 heterocycles. The first-order chi connectivity index (χ1) is 12.9. The number of halogens is 1. The van der Waals surface area contributed by atoms with E-state index in [4.69, 9.17) is 0 Å². The normalized spacial score (nSPS) is 29.5. The smallest absolute Gasteiger partial charge is 0.327 e. The minimum atomic E-state index is -0.940. The molecule has 2 N–H and O–H groups in total. The fourth-order valence-corrected chi connectivity index (χ4v) is 5.87. The van der Waals surface area contributed by atoms with E-state index in [2.05, 4.69) is 19.9 Å². The Bertz CT molecular complexity index is 748. The number of aromatic nitrogens is 2. The number of aliphatic carboxylic acids is 1. The predicted octanol–water partition coefficient (Wildman–Crippen LogP) is 1.63. The van der Waals surface area contributed by atoms with Gasteiger partial charge in [-0.25, -0.2) is 9.78 Å². The maximum Gasteiger partial charge on any atom is 0.327 e. The number of piperidine rings is 1. The summed E-state index contributed by atoms with van der Waals surface area (Å²) < 4.78 is -0.499. The molecule has 0 unspecified atom stereocenters. The summed E-state index contributed by atoms with van der Waals surface area (Å²) in [5, 5.41) is 9.30. The number of thioether (sulfide) groups is 1. The number of nitrogens with one attached hydrogen (secondary N) is 1. The Labute approximate surface area is 174 Å². The number of β-lactam (4-membered cyclic amide) rings is 1. The van der Waals surface area contributed by atoms with Crippen molar-refractivity contribution >= 4 is 42.4 Å². The number of carbonyl (C=O) groups excluding carboxylic acids is 1. The number of carboxylic acids is 1. The van der Waals surface area contributed by atoms with E-state index in [1.54, 1.807) is 12.5 Å². The zero-order chi connectivity index (χ0) is 19.2. The van der Waals surface area contributed by atoms with Gasteiger partial charge in [-0.05, 0) is 32.6 Å². The molecule has 0 aromatic carbocycles. The number of hydrogen-bond donors (Lipinski definition) is 2. The fourth-order valence-electron chi connectivity index (χ4n) is 4.25. The van der Waals surface area contributed by atoms with E-state index in [0.29, 0.717) is 5.92 Å². The monoisotopic (exact) mass is 427 g/mol. The SMILES string of the molecule is CC1(C)S[C@@H]2[C@H](N=CN3CCC(Cc4ncc[nH]4)CC3)C(=O)N2[C@H]1C(=O)O.Cl. The Morgan fingerprint density at radius 1 is 1.46 bits per heavy atom. The van der Waals surface area contributed by atoms with Gasteiger partial charge < -0.3 is 19.9 Å². The van der Waals surface area contributed by atoms with Crippen molar-refractivity contribution in [2.45, 2.75) is 55.3 Å². The van der Waals surface area contributed by atoms with Crippen molar-refractivity contribution in [3.05, 3.63) is 18.2 Å². The number of amides is 1. The van der Waals surface area contributed by atoms with Crippen LogP contribution >= 0.6 is 24.2 Å². The molecule has 8 nitrogen and oxygen atoms in total. The molecule has 154 valence electrons. The molecule has 3 aliphatic rings. The Morgan fingerprint density at radius 3 is 2.79 bits per heavy atom. The lowest BCUT2D eigenvalue weighted by molar-refractivity contribution is -0.158. The summed E-state index contributed by atoms with van der Waals surface area (Å²) >= 11 is 1.54. The lowest BCUT2D eigenvalue weighted by Gasteiger charge is -2.41. The van der Waals surface area contributed by atoms with E-state index in [9.17, 15) is 14.7 Å². The minimum absolute atomic E-state index is 0. The van der Waals surface area contributed by atoms with Crippen LogP contribution in [-0.4, -0.2) is 78.4 Å². The Hall–Kier alpha value is -1.74. The zero-order valence-corrected chi connectivity index (χ0v) is 17.6. The maximum atomic E-state index is 12.5. The van der Waals surface area contributed by atoms with Gasteiger partial charge in [0.05, 0.1) is 6.34 Å². The number of imidazole rings is 1. The molecule has 3 fully saturated rings. The van der Waals surface area contributed by atoms with Gasteiger partial charge in [0, 0.05) is 36.7 Å². The largest absolute Gasteiger partial charge is 0.480 e. The topological polar surface area (TPSA) is 102 Å². The number of likely N-dealkylation sites (tertiary alicyclic amines) is 1.